The summed E-state index contributed by atoms with van der Waals surface area (Å²) in [6.07, 6.45) is 6.56. The lowest BCUT2D eigenvalue weighted by Crippen LogP contribution is -2.63. The number of rotatable bonds is 3. The van der Waals surface area contributed by atoms with Crippen LogP contribution in [-0.4, -0.2) is 34.4 Å². The Morgan fingerprint density at radius 2 is 2.09 bits per heavy atom. The van der Waals surface area contributed by atoms with E-state index in [1.807, 2.05) is 14.0 Å². The van der Waals surface area contributed by atoms with Crippen LogP contribution in [0.5, 0.6) is 0 Å². The van der Waals surface area contributed by atoms with E-state index in [9.17, 15) is 4.79 Å². The summed E-state index contributed by atoms with van der Waals surface area (Å²) in [4.78, 5) is 12.7. The summed E-state index contributed by atoms with van der Waals surface area (Å²) >= 11 is 6.26. The van der Waals surface area contributed by atoms with Crippen molar-refractivity contribution in [2.45, 2.75) is 51.2 Å². The minimum atomic E-state index is -0.142. The van der Waals surface area contributed by atoms with E-state index in [-0.39, 0.29) is 11.9 Å². The highest BCUT2D eigenvalue weighted by atomic mass is 35.5. The zero-order valence-electron chi connectivity index (χ0n) is 13.7. The van der Waals surface area contributed by atoms with Crippen LogP contribution in [0.15, 0.2) is 0 Å². The molecule has 3 fully saturated rings. The smallest absolute Gasteiger partial charge is 0.273 e. The van der Waals surface area contributed by atoms with Crippen molar-refractivity contribution in [3.8, 4) is 0 Å². The molecule has 1 aromatic rings. The molecular weight excluding hydrogens is 314 g/mol. The lowest BCUT2D eigenvalue weighted by molar-refractivity contribution is -0.0784. The molecule has 1 aliphatic heterocycles. The Labute approximate surface area is 141 Å². The molecule has 1 aromatic heterocycles. The van der Waals surface area contributed by atoms with Crippen LogP contribution in [0.4, 0.5) is 0 Å². The van der Waals surface area contributed by atoms with Crippen LogP contribution in [0.25, 0.3) is 0 Å². The molecule has 126 valence electrons. The normalized spacial score (nSPS) is 33.5. The Balaban J connectivity index is 1.52. The number of carbonyl (C=O) groups is 1. The number of aromatic nitrogens is 2. The Hall–Kier alpha value is -1.07. The number of aryl methyl sites for hydroxylation is 1. The minimum Gasteiger partial charge on any atom is -0.377 e. The average Bonchev–Trinajstić information content (AvgIpc) is 3.23. The molecule has 23 heavy (non-hydrogen) atoms. The van der Waals surface area contributed by atoms with Gasteiger partial charge in [0.25, 0.3) is 5.91 Å². The van der Waals surface area contributed by atoms with E-state index in [2.05, 4.69) is 10.4 Å². The fourth-order valence-electron chi connectivity index (χ4n) is 4.81. The van der Waals surface area contributed by atoms with Crippen molar-refractivity contribution in [1.82, 2.24) is 15.1 Å². The zero-order valence-corrected chi connectivity index (χ0v) is 14.5. The van der Waals surface area contributed by atoms with Crippen LogP contribution in [0, 0.1) is 24.7 Å². The number of ether oxygens (including phenoxy) is 1. The fraction of sp³-hybridized carbons (Fsp3) is 0.765. The van der Waals surface area contributed by atoms with Gasteiger partial charge in [0.1, 0.15) is 0 Å². The molecule has 1 saturated heterocycles. The number of carbonyl (C=O) groups excluding carboxylic acids is 1. The topological polar surface area (TPSA) is 56.1 Å². The molecule has 0 bridgehead atoms. The molecule has 6 heteroatoms. The van der Waals surface area contributed by atoms with E-state index in [0.717, 1.165) is 18.7 Å². The second-order valence-electron chi connectivity index (χ2n) is 7.28. The molecule has 1 amide bonds. The van der Waals surface area contributed by atoms with Crippen LogP contribution in [0.3, 0.4) is 0 Å². The van der Waals surface area contributed by atoms with Crippen molar-refractivity contribution in [2.24, 2.45) is 24.8 Å². The molecule has 0 aromatic carbocycles. The van der Waals surface area contributed by atoms with Crippen LogP contribution in [-0.2, 0) is 11.8 Å². The molecule has 2 aliphatic carbocycles. The van der Waals surface area contributed by atoms with Gasteiger partial charge in [-0.05, 0) is 19.3 Å². The highest BCUT2D eigenvalue weighted by Gasteiger charge is 2.57. The Morgan fingerprint density at radius 1 is 1.35 bits per heavy atom. The van der Waals surface area contributed by atoms with Gasteiger partial charge < -0.3 is 10.1 Å². The molecule has 1 N–H and O–H groups in total. The summed E-state index contributed by atoms with van der Waals surface area (Å²) in [5, 5.41) is 7.96. The third kappa shape index (κ3) is 2.40. The fourth-order valence-corrected chi connectivity index (χ4v) is 5.05. The average molecular weight is 338 g/mol. The third-order valence-corrected chi connectivity index (χ3v) is 6.61. The van der Waals surface area contributed by atoms with Gasteiger partial charge in [-0.15, -0.1) is 0 Å². The van der Waals surface area contributed by atoms with Crippen molar-refractivity contribution < 1.29 is 9.53 Å². The van der Waals surface area contributed by atoms with Gasteiger partial charge in [-0.25, -0.2) is 0 Å². The first kappa shape index (κ1) is 15.5. The standard InChI is InChI=1S/C17H24ClN3O2/c1-9-13(18)15(20-21(9)2)17(22)19-14-11-7-8-23-16(11)12(14)10-5-3-4-6-10/h10-12,14,16H,3-8H2,1-2H3,(H,19,22)/t11-,12+,14-,16-/m0/s1. The Kier molecular flexibility index (Phi) is 3.88. The van der Waals surface area contributed by atoms with Crippen molar-refractivity contribution in [1.29, 1.82) is 0 Å². The quantitative estimate of drug-likeness (QED) is 0.922. The van der Waals surface area contributed by atoms with Crippen LogP contribution >= 0.6 is 11.6 Å². The number of hydrogen-bond acceptors (Lipinski definition) is 3. The molecule has 2 saturated carbocycles. The highest BCUT2D eigenvalue weighted by Crippen LogP contribution is 2.51. The second-order valence-corrected chi connectivity index (χ2v) is 7.66. The number of fused-ring (bicyclic) bond motifs is 1. The molecule has 0 spiro atoms. The summed E-state index contributed by atoms with van der Waals surface area (Å²) in [5.41, 5.74) is 1.17. The maximum atomic E-state index is 12.7. The Morgan fingerprint density at radius 3 is 2.74 bits per heavy atom. The van der Waals surface area contributed by atoms with Crippen molar-refractivity contribution in [3.05, 3.63) is 16.4 Å². The Bertz CT molecular complexity index is 619. The molecule has 4 rings (SSSR count). The van der Waals surface area contributed by atoms with E-state index in [1.54, 1.807) is 4.68 Å². The van der Waals surface area contributed by atoms with Gasteiger partial charge in [-0.1, -0.05) is 37.3 Å². The predicted octanol–water partition coefficient (Wildman–Crippen LogP) is 2.71. The largest absolute Gasteiger partial charge is 0.377 e. The third-order valence-electron chi connectivity index (χ3n) is 6.16. The first-order chi connectivity index (χ1) is 11.1. The molecule has 0 radical (unpaired) electrons. The van der Waals surface area contributed by atoms with Gasteiger partial charge in [0.2, 0.25) is 0 Å². The van der Waals surface area contributed by atoms with Gasteiger partial charge in [-0.3, -0.25) is 9.48 Å². The zero-order chi connectivity index (χ0) is 16.1. The number of nitrogens with one attached hydrogen (secondary N) is 1. The molecular formula is C17H24ClN3O2. The van der Waals surface area contributed by atoms with Crippen molar-refractivity contribution >= 4 is 17.5 Å². The highest BCUT2D eigenvalue weighted by molar-refractivity contribution is 6.34. The maximum Gasteiger partial charge on any atom is 0.273 e. The number of halogens is 1. The summed E-state index contributed by atoms with van der Waals surface area (Å²) in [6, 6.07) is 0.219. The molecule has 5 nitrogen and oxygen atoms in total. The predicted molar refractivity (Wildman–Crippen MR) is 87.5 cm³/mol. The number of hydrogen-bond donors (Lipinski definition) is 1. The van der Waals surface area contributed by atoms with Crippen LogP contribution in [0.1, 0.15) is 48.3 Å². The SMILES string of the molecule is Cc1c(Cl)c(C(=O)N[C@H]2[C@@H]3CCO[C@@H]3[C@@H]2C2CCCC2)nn1C. The van der Waals surface area contributed by atoms with Gasteiger partial charge in [0.05, 0.1) is 16.8 Å². The van der Waals surface area contributed by atoms with Gasteiger partial charge >= 0.3 is 0 Å². The number of amides is 1. The van der Waals surface area contributed by atoms with E-state index in [0.29, 0.717) is 34.6 Å². The molecule has 3 aliphatic rings. The van der Waals surface area contributed by atoms with E-state index < -0.39 is 0 Å². The van der Waals surface area contributed by atoms with Gasteiger partial charge in [0.15, 0.2) is 5.69 Å². The first-order valence-corrected chi connectivity index (χ1v) is 9.07. The maximum absolute atomic E-state index is 12.7. The summed E-state index contributed by atoms with van der Waals surface area (Å²) in [7, 11) is 1.81. The summed E-state index contributed by atoms with van der Waals surface area (Å²) in [5.74, 6) is 1.49. The molecule has 4 atom stereocenters. The van der Waals surface area contributed by atoms with E-state index in [1.165, 1.54) is 25.7 Å². The number of nitrogens with zero attached hydrogens (tertiary/aromatic N) is 2. The molecule has 0 unspecified atom stereocenters. The van der Waals surface area contributed by atoms with Crippen LogP contribution < -0.4 is 5.32 Å². The monoisotopic (exact) mass is 337 g/mol. The van der Waals surface area contributed by atoms with E-state index in [4.69, 9.17) is 16.3 Å². The second kappa shape index (κ2) is 5.78. The van der Waals surface area contributed by atoms with Gasteiger partial charge in [-0.2, -0.15) is 5.10 Å². The van der Waals surface area contributed by atoms with E-state index >= 15 is 0 Å². The first-order valence-electron chi connectivity index (χ1n) is 8.69. The lowest BCUT2D eigenvalue weighted by atomic mass is 9.61. The summed E-state index contributed by atoms with van der Waals surface area (Å²) < 4.78 is 7.60. The van der Waals surface area contributed by atoms with Crippen molar-refractivity contribution in [3.63, 3.8) is 0 Å². The van der Waals surface area contributed by atoms with Crippen LogP contribution in [0.2, 0.25) is 5.02 Å². The lowest BCUT2D eigenvalue weighted by Gasteiger charge is -2.50. The van der Waals surface area contributed by atoms with Crippen molar-refractivity contribution in [2.75, 3.05) is 6.61 Å². The molecule has 2 heterocycles. The summed E-state index contributed by atoms with van der Waals surface area (Å²) in [6.45, 7) is 2.70. The minimum absolute atomic E-state index is 0.142. The van der Waals surface area contributed by atoms with Gasteiger partial charge in [0, 0.05) is 31.5 Å².